The van der Waals surface area contributed by atoms with Gasteiger partial charge in [0.05, 0.1) is 19.1 Å². The van der Waals surface area contributed by atoms with Crippen LogP contribution in [0.5, 0.6) is 0 Å². The van der Waals surface area contributed by atoms with E-state index in [-0.39, 0.29) is 17.9 Å². The summed E-state index contributed by atoms with van der Waals surface area (Å²) in [5, 5.41) is 3.39. The van der Waals surface area contributed by atoms with Crippen LogP contribution in [-0.2, 0) is 9.53 Å². The van der Waals surface area contributed by atoms with Crippen LogP contribution >= 0.6 is 0 Å². The molecule has 5 unspecified atom stereocenters. The summed E-state index contributed by atoms with van der Waals surface area (Å²) in [5.74, 6) is 2.29. The van der Waals surface area contributed by atoms with E-state index in [1.165, 1.54) is 6.42 Å². The van der Waals surface area contributed by atoms with Gasteiger partial charge in [-0.2, -0.15) is 0 Å². The van der Waals surface area contributed by atoms with Gasteiger partial charge in [-0.1, -0.05) is 20.8 Å². The third-order valence-corrected chi connectivity index (χ3v) is 4.91. The first-order valence-corrected chi connectivity index (χ1v) is 7.48. The number of rotatable bonds is 4. The Hall–Kier alpha value is -0.410. The van der Waals surface area contributed by atoms with Crippen molar-refractivity contribution in [3.8, 4) is 0 Å². The zero-order valence-electron chi connectivity index (χ0n) is 11.9. The van der Waals surface area contributed by atoms with Crippen molar-refractivity contribution in [2.24, 2.45) is 23.7 Å². The van der Waals surface area contributed by atoms with E-state index < -0.39 is 0 Å². The Kier molecular flexibility index (Phi) is 4.79. The molecule has 0 amide bonds. The number of carbonyl (C=O) groups excluding carboxylic acids is 1. The first kappa shape index (κ1) is 14.0. The summed E-state index contributed by atoms with van der Waals surface area (Å²) in [4.78, 5) is 12.6. The zero-order valence-corrected chi connectivity index (χ0v) is 11.9. The molecule has 0 aromatic carbocycles. The molecule has 1 aliphatic carbocycles. The Labute approximate surface area is 111 Å². The molecular formula is C15H27NO2. The van der Waals surface area contributed by atoms with Gasteiger partial charge in [0, 0.05) is 12.0 Å². The number of nitrogens with one attached hydrogen (secondary N) is 1. The van der Waals surface area contributed by atoms with Gasteiger partial charge >= 0.3 is 0 Å². The number of Topliss-reactive ketones (excluding diaryl/α,β-unsaturated/α-hetero) is 1. The Morgan fingerprint density at radius 1 is 1.22 bits per heavy atom. The molecule has 0 bridgehead atoms. The van der Waals surface area contributed by atoms with Crippen molar-refractivity contribution in [3.63, 3.8) is 0 Å². The van der Waals surface area contributed by atoms with E-state index in [1.807, 2.05) is 0 Å². The van der Waals surface area contributed by atoms with Crippen LogP contribution in [0, 0.1) is 23.7 Å². The van der Waals surface area contributed by atoms with Crippen molar-refractivity contribution in [2.75, 3.05) is 19.8 Å². The third-order valence-electron chi connectivity index (χ3n) is 4.91. The van der Waals surface area contributed by atoms with E-state index in [9.17, 15) is 4.79 Å². The molecule has 0 aromatic rings. The molecule has 3 heteroatoms. The second-order valence-corrected chi connectivity index (χ2v) is 6.18. The molecular weight excluding hydrogens is 226 g/mol. The van der Waals surface area contributed by atoms with Crippen molar-refractivity contribution in [1.82, 2.24) is 5.32 Å². The van der Waals surface area contributed by atoms with Crippen molar-refractivity contribution >= 4 is 5.78 Å². The summed E-state index contributed by atoms with van der Waals surface area (Å²) >= 11 is 0. The van der Waals surface area contributed by atoms with Gasteiger partial charge in [0.25, 0.3) is 0 Å². The molecule has 104 valence electrons. The SMILES string of the molecule is CCNC1COCC1C(=O)C1CCC(C)C(C)C1. The maximum Gasteiger partial charge on any atom is 0.143 e. The molecule has 18 heavy (non-hydrogen) atoms. The monoisotopic (exact) mass is 253 g/mol. The lowest BCUT2D eigenvalue weighted by Crippen LogP contribution is -2.42. The Morgan fingerprint density at radius 2 is 2.00 bits per heavy atom. The van der Waals surface area contributed by atoms with Crippen LogP contribution in [0.15, 0.2) is 0 Å². The van der Waals surface area contributed by atoms with E-state index in [1.54, 1.807) is 0 Å². The summed E-state index contributed by atoms with van der Waals surface area (Å²) in [6.07, 6.45) is 3.37. The lowest BCUT2D eigenvalue weighted by molar-refractivity contribution is -0.129. The number of ether oxygens (including phenoxy) is 1. The minimum Gasteiger partial charge on any atom is -0.379 e. The highest BCUT2D eigenvalue weighted by molar-refractivity contribution is 5.84. The molecule has 1 saturated carbocycles. The summed E-state index contributed by atoms with van der Waals surface area (Å²) in [5.41, 5.74) is 0. The van der Waals surface area contributed by atoms with E-state index in [0.717, 1.165) is 25.3 Å². The highest BCUT2D eigenvalue weighted by Crippen LogP contribution is 2.36. The zero-order chi connectivity index (χ0) is 13.1. The average Bonchev–Trinajstić information content (AvgIpc) is 2.80. The molecule has 1 N–H and O–H groups in total. The van der Waals surface area contributed by atoms with Crippen molar-refractivity contribution in [3.05, 3.63) is 0 Å². The Bertz CT molecular complexity index is 292. The summed E-state index contributed by atoms with van der Waals surface area (Å²) in [6, 6.07) is 0.247. The maximum atomic E-state index is 12.6. The molecule has 3 nitrogen and oxygen atoms in total. The first-order chi connectivity index (χ1) is 8.63. The fourth-order valence-corrected chi connectivity index (χ4v) is 3.41. The van der Waals surface area contributed by atoms with Gasteiger partial charge in [-0.15, -0.1) is 0 Å². The molecule has 2 fully saturated rings. The average molecular weight is 253 g/mol. The summed E-state index contributed by atoms with van der Waals surface area (Å²) in [7, 11) is 0. The highest BCUT2D eigenvalue weighted by Gasteiger charge is 2.39. The maximum absolute atomic E-state index is 12.6. The second kappa shape index (κ2) is 6.16. The van der Waals surface area contributed by atoms with Crippen LogP contribution in [0.3, 0.4) is 0 Å². The van der Waals surface area contributed by atoms with Gasteiger partial charge in [0.1, 0.15) is 5.78 Å². The van der Waals surface area contributed by atoms with Crippen LogP contribution in [0.1, 0.15) is 40.0 Å². The molecule has 0 spiro atoms. The van der Waals surface area contributed by atoms with E-state index in [2.05, 4.69) is 26.1 Å². The minimum atomic E-state index is 0.0931. The lowest BCUT2D eigenvalue weighted by atomic mass is 9.72. The molecule has 5 atom stereocenters. The fraction of sp³-hybridized carbons (Fsp3) is 0.933. The van der Waals surface area contributed by atoms with Crippen LogP contribution in [0.25, 0.3) is 0 Å². The van der Waals surface area contributed by atoms with E-state index in [4.69, 9.17) is 4.74 Å². The van der Waals surface area contributed by atoms with Crippen molar-refractivity contribution in [1.29, 1.82) is 0 Å². The molecule has 0 radical (unpaired) electrons. The van der Waals surface area contributed by atoms with Crippen molar-refractivity contribution in [2.45, 2.75) is 46.1 Å². The predicted molar refractivity (Wildman–Crippen MR) is 72.4 cm³/mol. The van der Waals surface area contributed by atoms with Gasteiger partial charge < -0.3 is 10.1 Å². The number of hydrogen-bond donors (Lipinski definition) is 1. The summed E-state index contributed by atoms with van der Waals surface area (Å²) < 4.78 is 5.50. The highest BCUT2D eigenvalue weighted by atomic mass is 16.5. The molecule has 1 saturated heterocycles. The second-order valence-electron chi connectivity index (χ2n) is 6.18. The molecule has 2 rings (SSSR count). The van der Waals surface area contributed by atoms with Crippen LogP contribution < -0.4 is 5.32 Å². The largest absolute Gasteiger partial charge is 0.379 e. The minimum absolute atomic E-state index is 0.0931. The smallest absolute Gasteiger partial charge is 0.143 e. The molecule has 1 aliphatic heterocycles. The number of likely N-dealkylation sites (N-methyl/N-ethyl adjacent to an activating group) is 1. The van der Waals surface area contributed by atoms with Crippen LogP contribution in [-0.4, -0.2) is 31.6 Å². The Morgan fingerprint density at radius 3 is 2.67 bits per heavy atom. The van der Waals surface area contributed by atoms with Gasteiger partial charge in [-0.25, -0.2) is 0 Å². The standard InChI is InChI=1S/C15H27NO2/c1-4-16-14-9-18-8-13(14)15(17)12-6-5-10(2)11(3)7-12/h10-14,16H,4-9H2,1-3H3. The van der Waals surface area contributed by atoms with Gasteiger partial charge in [-0.3, -0.25) is 4.79 Å². The normalized spacial score (nSPS) is 40.9. The van der Waals surface area contributed by atoms with Gasteiger partial charge in [0.15, 0.2) is 0 Å². The number of hydrogen-bond acceptors (Lipinski definition) is 3. The molecule has 0 aromatic heterocycles. The van der Waals surface area contributed by atoms with E-state index >= 15 is 0 Å². The number of ketones is 1. The van der Waals surface area contributed by atoms with Crippen LogP contribution in [0.4, 0.5) is 0 Å². The quantitative estimate of drug-likeness (QED) is 0.835. The molecule has 2 aliphatic rings. The third kappa shape index (κ3) is 2.94. The summed E-state index contributed by atoms with van der Waals surface area (Å²) in [6.45, 7) is 8.92. The lowest BCUT2D eigenvalue weighted by Gasteiger charge is -2.33. The van der Waals surface area contributed by atoms with Gasteiger partial charge in [-0.05, 0) is 37.6 Å². The van der Waals surface area contributed by atoms with Gasteiger partial charge in [0.2, 0.25) is 0 Å². The van der Waals surface area contributed by atoms with Crippen LogP contribution in [0.2, 0.25) is 0 Å². The van der Waals surface area contributed by atoms with E-state index in [0.29, 0.717) is 24.9 Å². The van der Waals surface area contributed by atoms with Crippen molar-refractivity contribution < 1.29 is 9.53 Å². The number of carbonyl (C=O) groups is 1. The Balaban J connectivity index is 1.94. The fourth-order valence-electron chi connectivity index (χ4n) is 3.41. The molecule has 1 heterocycles. The topological polar surface area (TPSA) is 38.3 Å². The predicted octanol–water partition coefficient (Wildman–Crippen LogP) is 2.25. The first-order valence-electron chi connectivity index (χ1n) is 7.48.